The zero-order chi connectivity index (χ0) is 20.6. The first-order valence-electron chi connectivity index (χ1n) is 10.2. The van der Waals surface area contributed by atoms with E-state index in [2.05, 4.69) is 86.0 Å². The lowest BCUT2D eigenvalue weighted by Crippen LogP contribution is -1.99. The van der Waals surface area contributed by atoms with Crippen molar-refractivity contribution in [3.8, 4) is 16.9 Å². The summed E-state index contributed by atoms with van der Waals surface area (Å²) in [5.74, 6) is 0. The van der Waals surface area contributed by atoms with Gasteiger partial charge in [-0.05, 0) is 23.8 Å². The normalized spacial score (nSPS) is 11.4. The zero-order valence-electron chi connectivity index (χ0n) is 16.8. The van der Waals surface area contributed by atoms with Crippen molar-refractivity contribution in [1.29, 1.82) is 0 Å². The molecule has 5 heteroatoms. The zero-order valence-corrected chi connectivity index (χ0v) is 16.8. The Bertz CT molecular complexity index is 1500. The van der Waals surface area contributed by atoms with Crippen LogP contribution in [0, 0.1) is 0 Å². The SMILES string of the molecule is c1ccc(Cn2cnc3c(-c4cn(-c5ccccc5)c5ccccc45)ncnc32)cc1. The van der Waals surface area contributed by atoms with Crippen LogP contribution in [-0.2, 0) is 6.54 Å². The van der Waals surface area contributed by atoms with Gasteiger partial charge in [0.25, 0.3) is 0 Å². The van der Waals surface area contributed by atoms with E-state index >= 15 is 0 Å². The highest BCUT2D eigenvalue weighted by Gasteiger charge is 2.17. The van der Waals surface area contributed by atoms with E-state index < -0.39 is 0 Å². The average Bonchev–Trinajstić information content (AvgIpc) is 3.42. The maximum Gasteiger partial charge on any atom is 0.164 e. The minimum absolute atomic E-state index is 0.722. The molecule has 0 unspecified atom stereocenters. The van der Waals surface area contributed by atoms with Gasteiger partial charge in [-0.1, -0.05) is 66.7 Å². The smallest absolute Gasteiger partial charge is 0.164 e. The van der Waals surface area contributed by atoms with E-state index in [4.69, 9.17) is 4.98 Å². The topological polar surface area (TPSA) is 48.5 Å². The lowest BCUT2D eigenvalue weighted by Gasteiger charge is -2.05. The van der Waals surface area contributed by atoms with Crippen molar-refractivity contribution < 1.29 is 0 Å². The van der Waals surface area contributed by atoms with Crippen LogP contribution in [-0.4, -0.2) is 24.1 Å². The summed E-state index contributed by atoms with van der Waals surface area (Å²) in [7, 11) is 0. The van der Waals surface area contributed by atoms with Gasteiger partial charge in [0.1, 0.15) is 17.5 Å². The number of hydrogen-bond donors (Lipinski definition) is 0. The van der Waals surface area contributed by atoms with Gasteiger partial charge in [-0.2, -0.15) is 0 Å². The predicted molar refractivity (Wildman–Crippen MR) is 123 cm³/mol. The summed E-state index contributed by atoms with van der Waals surface area (Å²) in [4.78, 5) is 13.9. The fraction of sp³-hybridized carbons (Fsp3) is 0.0385. The van der Waals surface area contributed by atoms with Gasteiger partial charge in [0.15, 0.2) is 5.65 Å². The quantitative estimate of drug-likeness (QED) is 0.393. The number of nitrogens with zero attached hydrogens (tertiary/aromatic N) is 5. The van der Waals surface area contributed by atoms with Crippen LogP contribution in [0.2, 0.25) is 0 Å². The molecular weight excluding hydrogens is 382 g/mol. The monoisotopic (exact) mass is 401 g/mol. The van der Waals surface area contributed by atoms with E-state index in [1.54, 1.807) is 6.33 Å². The number of aromatic nitrogens is 5. The summed E-state index contributed by atoms with van der Waals surface area (Å²) < 4.78 is 4.28. The Labute approximate surface area is 179 Å². The van der Waals surface area contributed by atoms with Crippen LogP contribution in [0.1, 0.15) is 5.56 Å². The Morgan fingerprint density at radius 1 is 0.710 bits per heavy atom. The summed E-state index contributed by atoms with van der Waals surface area (Å²) in [5, 5.41) is 1.14. The molecule has 0 radical (unpaired) electrons. The third kappa shape index (κ3) is 2.99. The van der Waals surface area contributed by atoms with Gasteiger partial charge in [-0.25, -0.2) is 15.0 Å². The molecule has 6 aromatic rings. The Morgan fingerprint density at radius 3 is 2.29 bits per heavy atom. The van der Waals surface area contributed by atoms with E-state index in [0.717, 1.165) is 45.6 Å². The molecule has 0 amide bonds. The lowest BCUT2D eigenvalue weighted by molar-refractivity contribution is 0.813. The molecule has 3 aromatic carbocycles. The molecule has 0 spiro atoms. The van der Waals surface area contributed by atoms with Crippen LogP contribution in [0.15, 0.2) is 104 Å². The second kappa shape index (κ2) is 7.22. The van der Waals surface area contributed by atoms with E-state index in [1.165, 1.54) is 5.56 Å². The molecule has 3 heterocycles. The molecule has 0 bridgehead atoms. The van der Waals surface area contributed by atoms with E-state index in [-0.39, 0.29) is 0 Å². The summed E-state index contributed by atoms with van der Waals surface area (Å²) in [5.41, 5.74) is 7.02. The van der Waals surface area contributed by atoms with Gasteiger partial charge < -0.3 is 9.13 Å². The Balaban J connectivity index is 1.53. The van der Waals surface area contributed by atoms with Crippen molar-refractivity contribution in [2.45, 2.75) is 6.54 Å². The van der Waals surface area contributed by atoms with Gasteiger partial charge in [0.2, 0.25) is 0 Å². The summed E-state index contributed by atoms with van der Waals surface area (Å²) in [6.45, 7) is 0.722. The molecule has 5 nitrogen and oxygen atoms in total. The van der Waals surface area contributed by atoms with Crippen molar-refractivity contribution in [3.63, 3.8) is 0 Å². The number of hydrogen-bond acceptors (Lipinski definition) is 3. The molecule has 31 heavy (non-hydrogen) atoms. The van der Waals surface area contributed by atoms with E-state index in [1.807, 2.05) is 30.6 Å². The fourth-order valence-corrected chi connectivity index (χ4v) is 4.14. The molecule has 0 atom stereocenters. The molecular formula is C26H19N5. The highest BCUT2D eigenvalue weighted by molar-refractivity contribution is 6.01. The first-order valence-corrected chi connectivity index (χ1v) is 10.2. The summed E-state index contributed by atoms with van der Waals surface area (Å²) >= 11 is 0. The number of para-hydroxylation sites is 2. The molecule has 0 aliphatic heterocycles. The molecule has 0 saturated heterocycles. The number of imidazole rings is 1. The largest absolute Gasteiger partial charge is 0.316 e. The summed E-state index contributed by atoms with van der Waals surface area (Å²) in [6, 6.07) is 29.1. The van der Waals surface area contributed by atoms with Crippen molar-refractivity contribution in [1.82, 2.24) is 24.1 Å². The highest BCUT2D eigenvalue weighted by atomic mass is 15.1. The third-order valence-corrected chi connectivity index (χ3v) is 5.60. The maximum absolute atomic E-state index is 4.71. The molecule has 0 saturated carbocycles. The van der Waals surface area contributed by atoms with Gasteiger partial charge in [0, 0.05) is 22.8 Å². The first kappa shape index (κ1) is 17.6. The third-order valence-electron chi connectivity index (χ3n) is 5.60. The van der Waals surface area contributed by atoms with Crippen molar-refractivity contribution in [2.24, 2.45) is 0 Å². The minimum atomic E-state index is 0.722. The highest BCUT2D eigenvalue weighted by Crippen LogP contribution is 2.34. The van der Waals surface area contributed by atoms with E-state index in [9.17, 15) is 0 Å². The molecule has 3 aromatic heterocycles. The molecule has 0 fully saturated rings. The fourth-order valence-electron chi connectivity index (χ4n) is 4.14. The van der Waals surface area contributed by atoms with Gasteiger partial charge in [-0.15, -0.1) is 0 Å². The van der Waals surface area contributed by atoms with Crippen molar-refractivity contribution in [3.05, 3.63) is 109 Å². The van der Waals surface area contributed by atoms with Crippen molar-refractivity contribution >= 4 is 22.1 Å². The number of benzene rings is 3. The second-order valence-corrected chi connectivity index (χ2v) is 7.52. The first-order chi connectivity index (χ1) is 15.4. The van der Waals surface area contributed by atoms with E-state index in [0.29, 0.717) is 0 Å². The Kier molecular flexibility index (Phi) is 4.10. The molecule has 0 aliphatic rings. The van der Waals surface area contributed by atoms with Gasteiger partial charge in [0.05, 0.1) is 18.4 Å². The minimum Gasteiger partial charge on any atom is -0.316 e. The summed E-state index contributed by atoms with van der Waals surface area (Å²) in [6.07, 6.45) is 5.64. The number of fused-ring (bicyclic) bond motifs is 2. The van der Waals surface area contributed by atoms with Crippen LogP contribution in [0.4, 0.5) is 0 Å². The van der Waals surface area contributed by atoms with Crippen LogP contribution >= 0.6 is 0 Å². The Morgan fingerprint density at radius 2 is 1.45 bits per heavy atom. The standard InChI is InChI=1S/C26H19N5/c1-3-9-19(10-4-1)15-30-18-29-25-24(27-17-28-26(25)30)22-16-31(20-11-5-2-6-12-20)23-14-8-7-13-21(22)23/h1-14,16-18H,15H2. The van der Waals surface area contributed by atoms with Gasteiger partial charge in [-0.3, -0.25) is 0 Å². The lowest BCUT2D eigenvalue weighted by atomic mass is 10.1. The van der Waals surface area contributed by atoms with Crippen LogP contribution in [0.25, 0.3) is 39.0 Å². The molecule has 0 N–H and O–H groups in total. The van der Waals surface area contributed by atoms with Gasteiger partial charge >= 0.3 is 0 Å². The van der Waals surface area contributed by atoms with Crippen LogP contribution < -0.4 is 0 Å². The molecule has 6 rings (SSSR count). The van der Waals surface area contributed by atoms with Crippen LogP contribution in [0.3, 0.4) is 0 Å². The van der Waals surface area contributed by atoms with Crippen molar-refractivity contribution in [2.75, 3.05) is 0 Å². The number of rotatable bonds is 4. The second-order valence-electron chi connectivity index (χ2n) is 7.52. The Hall–Kier alpha value is -4.25. The molecule has 0 aliphatic carbocycles. The molecule has 148 valence electrons. The maximum atomic E-state index is 4.71. The predicted octanol–water partition coefficient (Wildman–Crippen LogP) is 5.49. The average molecular weight is 401 g/mol. The van der Waals surface area contributed by atoms with Crippen LogP contribution in [0.5, 0.6) is 0 Å².